The fourth-order valence-electron chi connectivity index (χ4n) is 2.20. The van der Waals surface area contributed by atoms with E-state index in [1.165, 1.54) is 4.88 Å². The molecule has 2 aromatic rings. The first-order valence-corrected chi connectivity index (χ1v) is 7.51. The number of hydrazine groups is 1. The molecule has 2 aromatic heterocycles. The molecule has 0 spiro atoms. The summed E-state index contributed by atoms with van der Waals surface area (Å²) in [4.78, 5) is 13.5. The minimum Gasteiger partial charge on any atom is -0.356 e. The summed E-state index contributed by atoms with van der Waals surface area (Å²) in [6.07, 6.45) is 2.19. The van der Waals surface area contributed by atoms with Crippen LogP contribution in [0.5, 0.6) is 0 Å². The predicted molar refractivity (Wildman–Crippen MR) is 82.8 cm³/mol. The van der Waals surface area contributed by atoms with Gasteiger partial charge in [-0.2, -0.15) is 4.98 Å². The lowest BCUT2D eigenvalue weighted by atomic mass is 10.3. The summed E-state index contributed by atoms with van der Waals surface area (Å²) in [6.45, 7) is 8.46. The molecule has 0 aliphatic carbocycles. The number of aryl methyl sites for hydroxylation is 1. The summed E-state index contributed by atoms with van der Waals surface area (Å²) >= 11 is 1.68. The number of nitrogen functional groups attached to an aromatic ring is 1. The second-order valence-corrected chi connectivity index (χ2v) is 5.81. The molecule has 0 amide bonds. The molecule has 6 heteroatoms. The highest BCUT2D eigenvalue weighted by Crippen LogP contribution is 2.31. The summed E-state index contributed by atoms with van der Waals surface area (Å²) in [7, 11) is 0. The van der Waals surface area contributed by atoms with Crippen LogP contribution in [0.15, 0.2) is 6.07 Å². The first kappa shape index (κ1) is 14.0. The Morgan fingerprint density at radius 2 is 1.95 bits per heavy atom. The van der Waals surface area contributed by atoms with Crippen LogP contribution in [0.25, 0.3) is 10.2 Å². The van der Waals surface area contributed by atoms with Gasteiger partial charge in [0.15, 0.2) is 0 Å². The summed E-state index contributed by atoms with van der Waals surface area (Å²) in [5.41, 5.74) is 2.57. The molecule has 0 atom stereocenters. The number of aromatic nitrogens is 2. The highest BCUT2D eigenvalue weighted by Gasteiger charge is 2.15. The monoisotopic (exact) mass is 279 g/mol. The number of hydrogen-bond acceptors (Lipinski definition) is 6. The van der Waals surface area contributed by atoms with Gasteiger partial charge in [0.2, 0.25) is 5.95 Å². The Morgan fingerprint density at radius 1 is 1.26 bits per heavy atom. The molecule has 0 aliphatic heterocycles. The fourth-order valence-corrected chi connectivity index (χ4v) is 3.07. The molecule has 0 aliphatic rings. The van der Waals surface area contributed by atoms with Crippen LogP contribution in [-0.4, -0.2) is 23.1 Å². The highest BCUT2D eigenvalue weighted by molar-refractivity contribution is 7.18. The van der Waals surface area contributed by atoms with E-state index in [0.29, 0.717) is 5.95 Å². The number of thiophene rings is 1. The van der Waals surface area contributed by atoms with E-state index in [1.54, 1.807) is 11.3 Å². The van der Waals surface area contributed by atoms with Gasteiger partial charge in [0.25, 0.3) is 0 Å². The second-order valence-electron chi connectivity index (χ2n) is 4.58. The molecule has 2 rings (SSSR count). The van der Waals surface area contributed by atoms with Crippen molar-refractivity contribution in [3.8, 4) is 0 Å². The van der Waals surface area contributed by atoms with E-state index in [-0.39, 0.29) is 0 Å². The van der Waals surface area contributed by atoms with Gasteiger partial charge in [-0.05, 0) is 25.8 Å². The summed E-state index contributed by atoms with van der Waals surface area (Å²) < 4.78 is 0. The molecule has 2 heterocycles. The lowest BCUT2D eigenvalue weighted by Crippen LogP contribution is -2.26. The summed E-state index contributed by atoms with van der Waals surface area (Å²) in [6, 6.07) is 2.16. The van der Waals surface area contributed by atoms with E-state index in [9.17, 15) is 0 Å². The SMILES string of the molecule is CCCN(CCC)c1nc(NN)nc2sc(C)cc12. The summed E-state index contributed by atoms with van der Waals surface area (Å²) in [5, 5.41) is 1.13. The molecule has 0 radical (unpaired) electrons. The maximum Gasteiger partial charge on any atom is 0.240 e. The second kappa shape index (κ2) is 6.16. The Morgan fingerprint density at radius 3 is 2.53 bits per heavy atom. The highest BCUT2D eigenvalue weighted by atomic mass is 32.1. The third-order valence-electron chi connectivity index (χ3n) is 2.91. The van der Waals surface area contributed by atoms with Crippen LogP contribution in [0, 0.1) is 6.92 Å². The van der Waals surface area contributed by atoms with Gasteiger partial charge in [0.05, 0.1) is 5.39 Å². The first-order chi connectivity index (χ1) is 9.19. The minimum absolute atomic E-state index is 0.488. The molecule has 0 unspecified atom stereocenters. The van der Waals surface area contributed by atoms with Gasteiger partial charge < -0.3 is 4.90 Å². The normalized spacial score (nSPS) is 10.9. The maximum absolute atomic E-state index is 5.48. The number of nitrogens with zero attached hydrogens (tertiary/aromatic N) is 3. The van der Waals surface area contributed by atoms with Crippen molar-refractivity contribution in [3.63, 3.8) is 0 Å². The van der Waals surface area contributed by atoms with E-state index in [4.69, 9.17) is 5.84 Å². The first-order valence-electron chi connectivity index (χ1n) is 6.69. The molecule has 0 aromatic carbocycles. The van der Waals surface area contributed by atoms with Crippen LogP contribution in [-0.2, 0) is 0 Å². The smallest absolute Gasteiger partial charge is 0.240 e. The molecule has 0 saturated carbocycles. The van der Waals surface area contributed by atoms with Crippen molar-refractivity contribution < 1.29 is 0 Å². The zero-order valence-electron chi connectivity index (χ0n) is 11.7. The van der Waals surface area contributed by atoms with Gasteiger partial charge in [-0.15, -0.1) is 11.3 Å². The average Bonchev–Trinajstić information content (AvgIpc) is 2.77. The zero-order chi connectivity index (χ0) is 13.8. The van der Waals surface area contributed by atoms with Crippen molar-refractivity contribution >= 4 is 33.3 Å². The zero-order valence-corrected chi connectivity index (χ0v) is 12.5. The van der Waals surface area contributed by atoms with Crippen LogP contribution in [0.4, 0.5) is 11.8 Å². The van der Waals surface area contributed by atoms with Crippen molar-refractivity contribution in [1.29, 1.82) is 0 Å². The summed E-state index contributed by atoms with van der Waals surface area (Å²) in [5.74, 6) is 6.95. The number of fused-ring (bicyclic) bond motifs is 1. The number of hydrogen-bond donors (Lipinski definition) is 2. The molecular weight excluding hydrogens is 258 g/mol. The fraction of sp³-hybridized carbons (Fsp3) is 0.538. The van der Waals surface area contributed by atoms with Gasteiger partial charge in [0.1, 0.15) is 10.6 Å². The lowest BCUT2D eigenvalue weighted by molar-refractivity contribution is 0.737. The minimum atomic E-state index is 0.488. The standard InChI is InChI=1S/C13H21N5S/c1-4-6-18(7-5-2)11-10-8-9(3)19-12(10)16-13(15-11)17-14/h8H,4-7,14H2,1-3H3,(H,15,16,17). The Bertz CT molecular complexity index is 545. The number of nitrogens with one attached hydrogen (secondary N) is 1. The van der Waals surface area contributed by atoms with Crippen LogP contribution in [0.2, 0.25) is 0 Å². The molecule has 104 valence electrons. The molecular formula is C13H21N5S. The van der Waals surface area contributed by atoms with Crippen molar-refractivity contribution in [1.82, 2.24) is 9.97 Å². The Kier molecular flexibility index (Phi) is 4.55. The van der Waals surface area contributed by atoms with Gasteiger partial charge in [-0.1, -0.05) is 13.8 Å². The van der Waals surface area contributed by atoms with Crippen molar-refractivity contribution in [2.45, 2.75) is 33.6 Å². The largest absolute Gasteiger partial charge is 0.356 e. The van der Waals surface area contributed by atoms with Crippen LogP contribution >= 0.6 is 11.3 Å². The Labute approximate surface area is 117 Å². The molecule has 3 N–H and O–H groups in total. The third-order valence-corrected chi connectivity index (χ3v) is 3.86. The van der Waals surface area contributed by atoms with E-state index < -0.39 is 0 Å². The van der Waals surface area contributed by atoms with E-state index in [1.807, 2.05) is 0 Å². The lowest BCUT2D eigenvalue weighted by Gasteiger charge is -2.23. The molecule has 0 fully saturated rings. The molecule has 5 nitrogen and oxygen atoms in total. The number of rotatable bonds is 6. The number of anilines is 2. The maximum atomic E-state index is 5.48. The van der Waals surface area contributed by atoms with Gasteiger partial charge in [-0.25, -0.2) is 10.8 Å². The predicted octanol–water partition coefficient (Wildman–Crippen LogP) is 2.91. The topological polar surface area (TPSA) is 67.1 Å². The van der Waals surface area contributed by atoms with Crippen molar-refractivity contribution in [2.75, 3.05) is 23.4 Å². The van der Waals surface area contributed by atoms with Gasteiger partial charge in [-0.3, -0.25) is 5.43 Å². The average molecular weight is 279 g/mol. The van der Waals surface area contributed by atoms with Crippen LogP contribution in [0.1, 0.15) is 31.6 Å². The van der Waals surface area contributed by atoms with Crippen molar-refractivity contribution in [3.05, 3.63) is 10.9 Å². The van der Waals surface area contributed by atoms with E-state index in [0.717, 1.165) is 42.0 Å². The molecule has 0 bridgehead atoms. The Hall–Kier alpha value is -1.40. The third kappa shape index (κ3) is 2.96. The van der Waals surface area contributed by atoms with E-state index >= 15 is 0 Å². The van der Waals surface area contributed by atoms with Gasteiger partial charge in [0, 0.05) is 18.0 Å². The number of nitrogens with two attached hydrogens (primary N) is 1. The molecule has 19 heavy (non-hydrogen) atoms. The van der Waals surface area contributed by atoms with Crippen LogP contribution < -0.4 is 16.2 Å². The molecule has 0 saturated heterocycles. The van der Waals surface area contributed by atoms with Gasteiger partial charge >= 0.3 is 0 Å². The van der Waals surface area contributed by atoms with Crippen molar-refractivity contribution in [2.24, 2.45) is 5.84 Å². The quantitative estimate of drug-likeness (QED) is 0.628. The Balaban J connectivity index is 2.54. The van der Waals surface area contributed by atoms with Crippen LogP contribution in [0.3, 0.4) is 0 Å². The van der Waals surface area contributed by atoms with E-state index in [2.05, 4.69) is 47.1 Å².